The topological polar surface area (TPSA) is 36.0 Å². The first-order valence-electron chi connectivity index (χ1n) is 10.7. The summed E-state index contributed by atoms with van der Waals surface area (Å²) in [6.45, 7) is 6.42. The number of halogens is 2. The monoisotopic (exact) mass is 461 g/mol. The molecule has 2 aromatic rings. The van der Waals surface area contributed by atoms with Gasteiger partial charge < -0.3 is 9.64 Å². The number of benzene rings is 2. The van der Waals surface area contributed by atoms with Gasteiger partial charge in [0.15, 0.2) is 0 Å². The zero-order valence-corrected chi connectivity index (χ0v) is 18.8. The number of cyclic esters (lactones) is 1. The van der Waals surface area contributed by atoms with E-state index in [-0.39, 0.29) is 18.0 Å². The molecule has 2 fully saturated rings. The van der Waals surface area contributed by atoms with Gasteiger partial charge in [0, 0.05) is 60.1 Å². The van der Waals surface area contributed by atoms with Crippen LogP contribution in [0.1, 0.15) is 17.2 Å². The van der Waals surface area contributed by atoms with Crippen LogP contribution in [-0.4, -0.2) is 73.2 Å². The van der Waals surface area contributed by atoms with Gasteiger partial charge in [-0.3, -0.25) is 9.80 Å². The van der Waals surface area contributed by atoms with Gasteiger partial charge >= 0.3 is 6.09 Å². The van der Waals surface area contributed by atoms with Crippen LogP contribution < -0.4 is 0 Å². The Balaban J connectivity index is 1.31. The van der Waals surface area contributed by atoms with Crippen LogP contribution in [0.3, 0.4) is 0 Å². The highest BCUT2D eigenvalue weighted by molar-refractivity contribution is 7.99. The van der Waals surface area contributed by atoms with Crippen LogP contribution in [0.2, 0.25) is 5.02 Å². The number of nitrogens with zero attached hydrogens (tertiary/aromatic N) is 3. The van der Waals surface area contributed by atoms with Crippen molar-refractivity contribution in [2.75, 3.05) is 52.4 Å². The number of fused-ring (bicyclic) bond motifs is 2. The van der Waals surface area contributed by atoms with Crippen LogP contribution in [0, 0.1) is 5.82 Å². The molecular weight excluding hydrogens is 437 g/mol. The van der Waals surface area contributed by atoms with E-state index in [1.54, 1.807) is 28.8 Å². The highest BCUT2D eigenvalue weighted by Gasteiger charge is 2.31. The summed E-state index contributed by atoms with van der Waals surface area (Å²) >= 11 is 7.99. The summed E-state index contributed by atoms with van der Waals surface area (Å²) < 4.78 is 19.2. The number of ether oxygens (including phenoxy) is 1. The maximum atomic E-state index is 14.2. The molecule has 1 unspecified atom stereocenters. The second kappa shape index (κ2) is 8.98. The molecule has 1 atom stereocenters. The molecule has 0 bridgehead atoms. The number of carbonyl (C=O) groups excluding carboxylic acids is 1. The van der Waals surface area contributed by atoms with Crippen LogP contribution in [0.15, 0.2) is 46.2 Å². The average Bonchev–Trinajstić information content (AvgIpc) is 3.11. The smallest absolute Gasteiger partial charge is 0.409 e. The molecule has 3 heterocycles. The number of hydrogen-bond acceptors (Lipinski definition) is 5. The highest BCUT2D eigenvalue weighted by atomic mass is 35.5. The molecule has 0 saturated carbocycles. The first-order chi connectivity index (χ1) is 15.1. The number of rotatable bonds is 4. The Morgan fingerprint density at radius 3 is 2.61 bits per heavy atom. The Morgan fingerprint density at radius 2 is 1.84 bits per heavy atom. The predicted octanol–water partition coefficient (Wildman–Crippen LogP) is 4.30. The third-order valence-corrected chi connectivity index (χ3v) is 7.81. The van der Waals surface area contributed by atoms with E-state index < -0.39 is 0 Å². The third-order valence-electron chi connectivity index (χ3n) is 6.37. The molecule has 1 amide bonds. The zero-order chi connectivity index (χ0) is 21.4. The van der Waals surface area contributed by atoms with Gasteiger partial charge in [-0.1, -0.05) is 23.4 Å². The Labute approximate surface area is 191 Å². The molecule has 0 N–H and O–H groups in total. The first-order valence-corrected chi connectivity index (χ1v) is 11.9. The minimum Gasteiger partial charge on any atom is -0.448 e. The van der Waals surface area contributed by atoms with Crippen LogP contribution in [0.4, 0.5) is 9.18 Å². The van der Waals surface area contributed by atoms with Gasteiger partial charge in [0.05, 0.1) is 6.54 Å². The molecule has 3 aliphatic rings. The molecule has 8 heteroatoms. The molecule has 31 heavy (non-hydrogen) atoms. The summed E-state index contributed by atoms with van der Waals surface area (Å²) in [6, 6.07) is 11.3. The fourth-order valence-corrected chi connectivity index (χ4v) is 5.92. The maximum absolute atomic E-state index is 14.2. The highest BCUT2D eigenvalue weighted by Crippen LogP contribution is 2.43. The van der Waals surface area contributed by atoms with E-state index in [0.29, 0.717) is 19.7 Å². The van der Waals surface area contributed by atoms with Crippen molar-refractivity contribution in [1.82, 2.24) is 14.7 Å². The van der Waals surface area contributed by atoms with Crippen molar-refractivity contribution in [2.24, 2.45) is 0 Å². The Kier molecular flexibility index (Phi) is 6.10. The standard InChI is InChI=1S/C23H25ClFN3O2S/c24-17-1-3-21-16(13-17)14-20(19-15-18(25)2-4-22(19)31-21)27-8-5-26(6-9-27)7-10-28-11-12-30-23(28)29/h1-4,13,15,20H,5-12,14H2. The Morgan fingerprint density at radius 1 is 1.03 bits per heavy atom. The van der Waals surface area contributed by atoms with Gasteiger partial charge in [0.2, 0.25) is 0 Å². The van der Waals surface area contributed by atoms with Gasteiger partial charge in [0.25, 0.3) is 0 Å². The lowest BCUT2D eigenvalue weighted by Gasteiger charge is -2.40. The second-order valence-corrected chi connectivity index (χ2v) is 9.76. The van der Waals surface area contributed by atoms with Gasteiger partial charge in [-0.25, -0.2) is 9.18 Å². The van der Waals surface area contributed by atoms with Crippen molar-refractivity contribution < 1.29 is 13.9 Å². The normalized spacial score (nSPS) is 22.1. The summed E-state index contributed by atoms with van der Waals surface area (Å²) in [5, 5.41) is 0.737. The molecule has 2 aromatic carbocycles. The summed E-state index contributed by atoms with van der Waals surface area (Å²) in [5.74, 6) is -0.190. The largest absolute Gasteiger partial charge is 0.448 e. The van der Waals surface area contributed by atoms with E-state index in [4.69, 9.17) is 16.3 Å². The molecule has 3 aliphatic heterocycles. The van der Waals surface area contributed by atoms with Crippen LogP contribution >= 0.6 is 23.4 Å². The number of amides is 1. The van der Waals surface area contributed by atoms with E-state index >= 15 is 0 Å². The number of hydrogen-bond donors (Lipinski definition) is 0. The van der Waals surface area contributed by atoms with Gasteiger partial charge in [-0.05, 0) is 53.9 Å². The fraction of sp³-hybridized carbons (Fsp3) is 0.435. The molecule has 0 spiro atoms. The molecule has 5 rings (SSSR count). The summed E-state index contributed by atoms with van der Waals surface area (Å²) in [7, 11) is 0. The predicted molar refractivity (Wildman–Crippen MR) is 119 cm³/mol. The van der Waals surface area contributed by atoms with Crippen molar-refractivity contribution in [1.29, 1.82) is 0 Å². The zero-order valence-electron chi connectivity index (χ0n) is 17.2. The van der Waals surface area contributed by atoms with Crippen molar-refractivity contribution in [2.45, 2.75) is 22.3 Å². The lowest BCUT2D eigenvalue weighted by Crippen LogP contribution is -2.49. The van der Waals surface area contributed by atoms with Crippen LogP contribution in [-0.2, 0) is 11.2 Å². The molecular formula is C23H25ClFN3O2S. The molecule has 164 valence electrons. The Hall–Kier alpha value is -1.80. The van der Waals surface area contributed by atoms with Crippen molar-refractivity contribution in [3.05, 3.63) is 58.4 Å². The quantitative estimate of drug-likeness (QED) is 0.678. The number of piperazine rings is 1. The van der Waals surface area contributed by atoms with E-state index in [1.807, 2.05) is 18.2 Å². The SMILES string of the molecule is O=C1OCCN1CCN1CCN(C2Cc3cc(Cl)ccc3Sc3ccc(F)cc32)CC1. The average molecular weight is 462 g/mol. The van der Waals surface area contributed by atoms with Gasteiger partial charge in [0.1, 0.15) is 12.4 Å². The molecule has 0 radical (unpaired) electrons. The summed E-state index contributed by atoms with van der Waals surface area (Å²) in [5.41, 5.74) is 2.28. The van der Waals surface area contributed by atoms with Crippen LogP contribution in [0.25, 0.3) is 0 Å². The van der Waals surface area contributed by atoms with E-state index in [0.717, 1.165) is 54.6 Å². The molecule has 2 saturated heterocycles. The first kappa shape index (κ1) is 21.1. The van der Waals surface area contributed by atoms with Crippen molar-refractivity contribution in [3.8, 4) is 0 Å². The fourth-order valence-electron chi connectivity index (χ4n) is 4.63. The third kappa shape index (κ3) is 4.55. The Bertz CT molecular complexity index is 983. The van der Waals surface area contributed by atoms with E-state index in [1.165, 1.54) is 10.5 Å². The summed E-state index contributed by atoms with van der Waals surface area (Å²) in [6.07, 6.45) is 0.615. The van der Waals surface area contributed by atoms with E-state index in [9.17, 15) is 9.18 Å². The minimum absolute atomic E-state index is 0.119. The number of carbonyl (C=O) groups is 1. The van der Waals surface area contributed by atoms with Crippen molar-refractivity contribution >= 4 is 29.5 Å². The lowest BCUT2D eigenvalue weighted by molar-refractivity contribution is 0.0887. The van der Waals surface area contributed by atoms with Gasteiger partial charge in [-0.15, -0.1) is 0 Å². The minimum atomic E-state index is -0.203. The van der Waals surface area contributed by atoms with Crippen LogP contribution in [0.5, 0.6) is 0 Å². The molecule has 0 aromatic heterocycles. The second-order valence-electron chi connectivity index (χ2n) is 8.24. The molecule has 5 nitrogen and oxygen atoms in total. The van der Waals surface area contributed by atoms with Crippen molar-refractivity contribution in [3.63, 3.8) is 0 Å². The van der Waals surface area contributed by atoms with Gasteiger partial charge in [-0.2, -0.15) is 0 Å². The lowest BCUT2D eigenvalue weighted by atomic mass is 9.96. The molecule has 0 aliphatic carbocycles. The maximum Gasteiger partial charge on any atom is 0.409 e. The summed E-state index contributed by atoms with van der Waals surface area (Å²) in [4.78, 5) is 20.6. The van der Waals surface area contributed by atoms with E-state index in [2.05, 4.69) is 15.9 Å².